The van der Waals surface area contributed by atoms with E-state index < -0.39 is 4.92 Å². The lowest BCUT2D eigenvalue weighted by Gasteiger charge is -2.04. The number of methoxy groups -OCH3 is 1. The number of nitrogens with zero attached hydrogens (tertiary/aromatic N) is 3. The zero-order valence-corrected chi connectivity index (χ0v) is 11.3. The van der Waals surface area contributed by atoms with Crippen LogP contribution in [-0.4, -0.2) is 28.8 Å². The summed E-state index contributed by atoms with van der Waals surface area (Å²) >= 11 is 0. The van der Waals surface area contributed by atoms with Crippen molar-refractivity contribution in [3.05, 3.63) is 34.2 Å². The van der Waals surface area contributed by atoms with E-state index in [1.807, 2.05) is 0 Å². The van der Waals surface area contributed by atoms with Crippen LogP contribution in [0.25, 0.3) is 11.4 Å². The second kappa shape index (κ2) is 5.49. The summed E-state index contributed by atoms with van der Waals surface area (Å²) in [6, 6.07) is 4.24. The van der Waals surface area contributed by atoms with Crippen molar-refractivity contribution >= 4 is 5.69 Å². The van der Waals surface area contributed by atoms with Crippen LogP contribution in [0, 0.1) is 10.1 Å². The number of hydrogen-bond acceptors (Lipinski definition) is 7. The first-order chi connectivity index (χ1) is 10.2. The van der Waals surface area contributed by atoms with Crippen molar-refractivity contribution in [1.29, 1.82) is 0 Å². The van der Waals surface area contributed by atoms with E-state index in [0.29, 0.717) is 23.8 Å². The molecule has 0 aliphatic carbocycles. The molecule has 1 atom stereocenters. The van der Waals surface area contributed by atoms with Gasteiger partial charge >= 0.3 is 0 Å². The monoisotopic (exact) mass is 291 g/mol. The Morgan fingerprint density at radius 3 is 3.00 bits per heavy atom. The van der Waals surface area contributed by atoms with Gasteiger partial charge in [-0.05, 0) is 18.9 Å². The van der Waals surface area contributed by atoms with Gasteiger partial charge in [-0.2, -0.15) is 4.98 Å². The van der Waals surface area contributed by atoms with E-state index in [0.717, 1.165) is 12.8 Å². The summed E-state index contributed by atoms with van der Waals surface area (Å²) in [6.07, 6.45) is 1.58. The van der Waals surface area contributed by atoms with E-state index in [1.54, 1.807) is 0 Å². The highest BCUT2D eigenvalue weighted by atomic mass is 16.6. The Kier molecular flexibility index (Phi) is 3.53. The van der Waals surface area contributed by atoms with Crippen molar-refractivity contribution in [2.24, 2.45) is 0 Å². The van der Waals surface area contributed by atoms with Gasteiger partial charge in [-0.1, -0.05) is 5.16 Å². The minimum atomic E-state index is -0.482. The third-order valence-electron chi connectivity index (χ3n) is 3.28. The summed E-state index contributed by atoms with van der Waals surface area (Å²) in [7, 11) is 1.48. The van der Waals surface area contributed by atoms with Gasteiger partial charge in [-0.15, -0.1) is 0 Å². The maximum Gasteiger partial charge on any atom is 0.270 e. The van der Waals surface area contributed by atoms with E-state index in [1.165, 1.54) is 25.3 Å². The van der Waals surface area contributed by atoms with Crippen LogP contribution in [0.5, 0.6) is 5.75 Å². The molecule has 1 saturated heterocycles. The fraction of sp³-hybridized carbons (Fsp3) is 0.385. The number of nitro groups is 1. The van der Waals surface area contributed by atoms with Crippen molar-refractivity contribution in [3.8, 4) is 17.1 Å². The average molecular weight is 291 g/mol. The minimum Gasteiger partial charge on any atom is -0.496 e. The quantitative estimate of drug-likeness (QED) is 0.630. The molecule has 8 heteroatoms. The van der Waals surface area contributed by atoms with Gasteiger partial charge in [-0.3, -0.25) is 10.1 Å². The maximum atomic E-state index is 10.9. The molecule has 1 fully saturated rings. The molecule has 1 aromatic carbocycles. The van der Waals surface area contributed by atoms with E-state index >= 15 is 0 Å². The zero-order chi connectivity index (χ0) is 14.8. The number of aromatic nitrogens is 2. The van der Waals surface area contributed by atoms with Crippen LogP contribution in [0.2, 0.25) is 0 Å². The van der Waals surface area contributed by atoms with Crippen LogP contribution >= 0.6 is 0 Å². The lowest BCUT2D eigenvalue weighted by atomic mass is 10.1. The van der Waals surface area contributed by atoms with Gasteiger partial charge in [0.15, 0.2) is 0 Å². The van der Waals surface area contributed by atoms with Crippen LogP contribution in [0.4, 0.5) is 5.69 Å². The second-order valence-electron chi connectivity index (χ2n) is 4.60. The van der Waals surface area contributed by atoms with Crippen molar-refractivity contribution in [3.63, 3.8) is 0 Å². The summed E-state index contributed by atoms with van der Waals surface area (Å²) in [5, 5.41) is 14.8. The molecule has 8 nitrogen and oxygen atoms in total. The number of rotatable bonds is 4. The number of ether oxygens (including phenoxy) is 2. The Bertz CT molecular complexity index is 664. The molecule has 2 aromatic rings. The molecule has 1 aliphatic heterocycles. The van der Waals surface area contributed by atoms with Gasteiger partial charge in [0.05, 0.1) is 17.6 Å². The van der Waals surface area contributed by atoms with Crippen LogP contribution in [0.15, 0.2) is 22.7 Å². The number of nitro benzene ring substituents is 1. The first-order valence-corrected chi connectivity index (χ1v) is 6.47. The predicted octanol–water partition coefficient (Wildman–Crippen LogP) is 2.50. The van der Waals surface area contributed by atoms with Crippen molar-refractivity contribution in [2.45, 2.75) is 18.9 Å². The second-order valence-corrected chi connectivity index (χ2v) is 4.60. The molecule has 1 aromatic heterocycles. The van der Waals surface area contributed by atoms with Gasteiger partial charge < -0.3 is 14.0 Å². The van der Waals surface area contributed by atoms with Crippen molar-refractivity contribution in [2.75, 3.05) is 13.7 Å². The van der Waals surface area contributed by atoms with E-state index in [2.05, 4.69) is 10.1 Å². The molecule has 21 heavy (non-hydrogen) atoms. The Morgan fingerprint density at radius 2 is 2.33 bits per heavy atom. The largest absolute Gasteiger partial charge is 0.496 e. The summed E-state index contributed by atoms with van der Waals surface area (Å²) < 4.78 is 15.9. The molecule has 0 spiro atoms. The first-order valence-electron chi connectivity index (χ1n) is 6.47. The molecule has 2 heterocycles. The number of non-ortho nitro benzene ring substituents is 1. The minimum absolute atomic E-state index is 0.0609. The Hall–Kier alpha value is -2.48. The van der Waals surface area contributed by atoms with Gasteiger partial charge in [0, 0.05) is 18.7 Å². The SMILES string of the molecule is COc1ccc([N+](=O)[O-])cc1-c1noc([C@H]2CCCO2)n1. The molecule has 0 unspecified atom stereocenters. The van der Waals surface area contributed by atoms with Crippen LogP contribution < -0.4 is 4.74 Å². The average Bonchev–Trinajstić information content (AvgIpc) is 3.17. The third kappa shape index (κ3) is 2.57. The molecule has 0 N–H and O–H groups in total. The summed E-state index contributed by atoms with van der Waals surface area (Å²) in [5.41, 5.74) is 0.356. The topological polar surface area (TPSA) is 101 Å². The fourth-order valence-corrected chi connectivity index (χ4v) is 2.23. The van der Waals surface area contributed by atoms with Crippen LogP contribution in [-0.2, 0) is 4.74 Å². The molecule has 0 bridgehead atoms. The molecular formula is C13H13N3O5. The van der Waals surface area contributed by atoms with Gasteiger partial charge in [-0.25, -0.2) is 0 Å². The van der Waals surface area contributed by atoms with E-state index in [4.69, 9.17) is 14.0 Å². The van der Waals surface area contributed by atoms with Gasteiger partial charge in [0.1, 0.15) is 11.9 Å². The normalized spacial score (nSPS) is 17.9. The molecule has 0 amide bonds. The molecule has 0 saturated carbocycles. The molecule has 110 valence electrons. The van der Waals surface area contributed by atoms with Crippen LogP contribution in [0.1, 0.15) is 24.8 Å². The van der Waals surface area contributed by atoms with E-state index in [9.17, 15) is 10.1 Å². The van der Waals surface area contributed by atoms with E-state index in [-0.39, 0.29) is 17.6 Å². The zero-order valence-electron chi connectivity index (χ0n) is 11.3. The Morgan fingerprint density at radius 1 is 1.48 bits per heavy atom. The highest BCUT2D eigenvalue weighted by molar-refractivity contribution is 5.67. The van der Waals surface area contributed by atoms with Gasteiger partial charge in [0.25, 0.3) is 11.6 Å². The molecule has 3 rings (SSSR count). The molecular weight excluding hydrogens is 278 g/mol. The summed E-state index contributed by atoms with van der Waals surface area (Å²) in [6.45, 7) is 0.669. The number of hydrogen-bond donors (Lipinski definition) is 0. The standard InChI is InChI=1S/C13H13N3O5/c1-19-10-5-4-8(16(17)18)7-9(10)12-14-13(21-15-12)11-3-2-6-20-11/h4-5,7,11H,2-3,6H2,1H3/t11-/m1/s1. The van der Waals surface area contributed by atoms with Crippen molar-refractivity contribution in [1.82, 2.24) is 10.1 Å². The Balaban J connectivity index is 1.98. The van der Waals surface area contributed by atoms with Crippen LogP contribution in [0.3, 0.4) is 0 Å². The highest BCUT2D eigenvalue weighted by Crippen LogP contribution is 2.34. The van der Waals surface area contributed by atoms with Crippen molar-refractivity contribution < 1.29 is 18.9 Å². The van der Waals surface area contributed by atoms with Gasteiger partial charge in [0.2, 0.25) is 5.82 Å². The number of benzene rings is 1. The maximum absolute atomic E-state index is 10.9. The first kappa shape index (κ1) is 13.5. The molecule has 0 radical (unpaired) electrons. The predicted molar refractivity (Wildman–Crippen MR) is 70.9 cm³/mol. The lowest BCUT2D eigenvalue weighted by molar-refractivity contribution is -0.384. The smallest absolute Gasteiger partial charge is 0.270 e. The molecule has 1 aliphatic rings. The third-order valence-corrected chi connectivity index (χ3v) is 3.28. The lowest BCUT2D eigenvalue weighted by Crippen LogP contribution is -1.96. The summed E-state index contributed by atoms with van der Waals surface area (Å²) in [5.74, 6) is 1.08. The Labute approximate surface area is 119 Å². The summed E-state index contributed by atoms with van der Waals surface area (Å²) in [4.78, 5) is 14.7. The highest BCUT2D eigenvalue weighted by Gasteiger charge is 2.25. The fourth-order valence-electron chi connectivity index (χ4n) is 2.23.